The smallest absolute Gasteiger partial charge is 0.273 e. The first-order chi connectivity index (χ1) is 14.4. The van der Waals surface area contributed by atoms with Gasteiger partial charge >= 0.3 is 0 Å². The van der Waals surface area contributed by atoms with Gasteiger partial charge in [-0.05, 0) is 69.0 Å². The third-order valence-corrected chi connectivity index (χ3v) is 6.39. The van der Waals surface area contributed by atoms with Crippen molar-refractivity contribution in [1.82, 2.24) is 20.0 Å². The number of nitrogens with zero attached hydrogens (tertiary/aromatic N) is 3. The van der Waals surface area contributed by atoms with Gasteiger partial charge in [0.25, 0.3) is 11.8 Å². The minimum Gasteiger partial charge on any atom is -0.348 e. The quantitative estimate of drug-likeness (QED) is 0.769. The van der Waals surface area contributed by atoms with Crippen molar-refractivity contribution in [2.45, 2.75) is 45.6 Å². The Bertz CT molecular complexity index is 943. The molecule has 30 heavy (non-hydrogen) atoms. The minimum atomic E-state index is -0.217. The molecule has 1 atom stereocenters. The molecule has 5 rings (SSSR count). The second-order valence-electron chi connectivity index (χ2n) is 8.60. The molecular weight excluding hydrogens is 378 g/mol. The predicted molar refractivity (Wildman–Crippen MR) is 117 cm³/mol. The van der Waals surface area contributed by atoms with Crippen LogP contribution in [0.4, 0.5) is 5.69 Å². The fraction of sp³-hybridized carbons (Fsp3) is 0.522. The number of benzene rings is 1. The molecule has 0 spiro atoms. The van der Waals surface area contributed by atoms with Crippen molar-refractivity contribution in [3.63, 3.8) is 0 Å². The van der Waals surface area contributed by atoms with Crippen LogP contribution in [-0.4, -0.2) is 52.2 Å². The predicted octanol–water partition coefficient (Wildman–Crippen LogP) is 2.76. The maximum Gasteiger partial charge on any atom is 0.273 e. The lowest BCUT2D eigenvalue weighted by Gasteiger charge is -2.44. The van der Waals surface area contributed by atoms with Crippen LogP contribution < -0.4 is 10.6 Å². The number of aromatic nitrogens is 2. The fourth-order valence-corrected chi connectivity index (χ4v) is 4.58. The van der Waals surface area contributed by atoms with Gasteiger partial charge in [-0.2, -0.15) is 5.10 Å². The third-order valence-electron chi connectivity index (χ3n) is 6.39. The number of fused-ring (bicyclic) bond motifs is 3. The zero-order valence-corrected chi connectivity index (χ0v) is 18.1. The van der Waals surface area contributed by atoms with Crippen molar-refractivity contribution in [2.24, 2.45) is 13.0 Å². The number of amides is 2. The second kappa shape index (κ2) is 8.60. The molecule has 3 aliphatic heterocycles. The Morgan fingerprint density at radius 3 is 2.60 bits per heavy atom. The SMILES string of the molecule is CCCc1cc(C(=O)Nc2cc(C(=O)NC3CN4CCC3CC4)ccc2C)n(C)n1. The molecule has 1 aromatic carbocycles. The molecule has 1 unspecified atom stereocenters. The van der Waals surface area contributed by atoms with Crippen LogP contribution in [0.25, 0.3) is 0 Å². The van der Waals surface area contributed by atoms with Gasteiger partial charge in [0.2, 0.25) is 0 Å². The highest BCUT2D eigenvalue weighted by Crippen LogP contribution is 2.28. The molecule has 3 saturated heterocycles. The molecule has 2 bridgehead atoms. The number of carbonyl (C=O) groups excluding carboxylic acids is 2. The van der Waals surface area contributed by atoms with Gasteiger partial charge in [0.05, 0.1) is 5.69 Å². The maximum absolute atomic E-state index is 12.9. The van der Waals surface area contributed by atoms with E-state index < -0.39 is 0 Å². The monoisotopic (exact) mass is 409 g/mol. The molecule has 7 nitrogen and oxygen atoms in total. The lowest BCUT2D eigenvalue weighted by atomic mass is 9.84. The minimum absolute atomic E-state index is 0.0741. The van der Waals surface area contributed by atoms with Crippen LogP contribution in [0, 0.1) is 12.8 Å². The molecule has 3 fully saturated rings. The summed E-state index contributed by atoms with van der Waals surface area (Å²) in [6.07, 6.45) is 4.14. The van der Waals surface area contributed by atoms with Gasteiger partial charge < -0.3 is 15.5 Å². The lowest BCUT2D eigenvalue weighted by molar-refractivity contribution is 0.0620. The summed E-state index contributed by atoms with van der Waals surface area (Å²) in [5.41, 5.74) is 3.56. The molecule has 2 amide bonds. The van der Waals surface area contributed by atoms with Crippen molar-refractivity contribution >= 4 is 17.5 Å². The summed E-state index contributed by atoms with van der Waals surface area (Å²) in [5, 5.41) is 10.6. The summed E-state index contributed by atoms with van der Waals surface area (Å²) < 4.78 is 1.61. The maximum atomic E-state index is 12.9. The zero-order valence-electron chi connectivity index (χ0n) is 18.1. The van der Waals surface area contributed by atoms with Crippen molar-refractivity contribution in [2.75, 3.05) is 25.0 Å². The van der Waals surface area contributed by atoms with E-state index in [1.165, 1.54) is 0 Å². The van der Waals surface area contributed by atoms with E-state index >= 15 is 0 Å². The van der Waals surface area contributed by atoms with Gasteiger partial charge in [0.15, 0.2) is 0 Å². The Morgan fingerprint density at radius 1 is 1.17 bits per heavy atom. The van der Waals surface area contributed by atoms with Crippen LogP contribution >= 0.6 is 0 Å². The fourth-order valence-electron chi connectivity index (χ4n) is 4.58. The van der Waals surface area contributed by atoms with Gasteiger partial charge in [0.1, 0.15) is 5.69 Å². The lowest BCUT2D eigenvalue weighted by Crippen LogP contribution is -2.57. The largest absolute Gasteiger partial charge is 0.348 e. The normalized spacial score (nSPS) is 22.7. The van der Waals surface area contributed by atoms with E-state index in [-0.39, 0.29) is 17.9 Å². The topological polar surface area (TPSA) is 79.3 Å². The molecule has 3 aliphatic rings. The van der Waals surface area contributed by atoms with E-state index in [4.69, 9.17) is 0 Å². The summed E-state index contributed by atoms with van der Waals surface area (Å²) in [6, 6.07) is 7.52. The van der Waals surface area contributed by atoms with Crippen molar-refractivity contribution in [3.05, 3.63) is 46.8 Å². The highest BCUT2D eigenvalue weighted by molar-refractivity contribution is 6.04. The Balaban J connectivity index is 1.46. The first kappa shape index (κ1) is 20.6. The first-order valence-corrected chi connectivity index (χ1v) is 10.9. The molecule has 160 valence electrons. The van der Waals surface area contributed by atoms with Crippen LogP contribution in [0.2, 0.25) is 0 Å². The number of aryl methyl sites for hydroxylation is 3. The summed E-state index contributed by atoms with van der Waals surface area (Å²) >= 11 is 0. The highest BCUT2D eigenvalue weighted by atomic mass is 16.2. The molecule has 0 radical (unpaired) electrons. The van der Waals surface area contributed by atoms with E-state index in [0.29, 0.717) is 22.9 Å². The molecule has 7 heteroatoms. The van der Waals surface area contributed by atoms with Gasteiger partial charge in [-0.3, -0.25) is 14.3 Å². The molecule has 2 aromatic rings. The Hall–Kier alpha value is -2.67. The summed E-state index contributed by atoms with van der Waals surface area (Å²) in [6.45, 7) is 7.24. The Morgan fingerprint density at radius 2 is 1.93 bits per heavy atom. The molecule has 0 saturated carbocycles. The Kier molecular flexibility index (Phi) is 5.90. The van der Waals surface area contributed by atoms with E-state index in [2.05, 4.69) is 27.6 Å². The number of anilines is 1. The molecule has 0 aliphatic carbocycles. The van der Waals surface area contributed by atoms with Crippen molar-refractivity contribution in [3.8, 4) is 0 Å². The van der Waals surface area contributed by atoms with Gasteiger partial charge in [-0.25, -0.2) is 0 Å². The van der Waals surface area contributed by atoms with Crippen molar-refractivity contribution < 1.29 is 9.59 Å². The van der Waals surface area contributed by atoms with Gasteiger partial charge in [-0.1, -0.05) is 19.4 Å². The number of hydrogen-bond donors (Lipinski definition) is 2. The molecule has 4 heterocycles. The van der Waals surface area contributed by atoms with E-state index in [1.54, 1.807) is 17.8 Å². The average molecular weight is 410 g/mol. The van der Waals surface area contributed by atoms with Crippen molar-refractivity contribution in [1.29, 1.82) is 0 Å². The summed E-state index contributed by atoms with van der Waals surface area (Å²) in [4.78, 5) is 28.1. The van der Waals surface area contributed by atoms with E-state index in [9.17, 15) is 9.59 Å². The summed E-state index contributed by atoms with van der Waals surface area (Å²) in [7, 11) is 1.78. The van der Waals surface area contributed by atoms with Crippen LogP contribution in [0.5, 0.6) is 0 Å². The standard InChI is InChI=1S/C23H31N5O2/c1-4-5-18-13-21(27(3)26-18)23(30)24-19-12-17(7-6-15(19)2)22(29)25-20-14-28-10-8-16(20)9-11-28/h6-7,12-13,16,20H,4-5,8-11,14H2,1-3H3,(H,24,30)(H,25,29). The second-order valence-corrected chi connectivity index (χ2v) is 8.60. The molecular formula is C23H31N5O2. The van der Waals surface area contributed by atoms with Crippen LogP contribution in [0.1, 0.15) is 58.3 Å². The van der Waals surface area contributed by atoms with Crippen LogP contribution in [0.15, 0.2) is 24.3 Å². The Labute approximate surface area is 177 Å². The molecule has 2 N–H and O–H groups in total. The third kappa shape index (κ3) is 4.26. The number of piperidine rings is 3. The highest BCUT2D eigenvalue weighted by Gasteiger charge is 2.35. The first-order valence-electron chi connectivity index (χ1n) is 10.9. The van der Waals surface area contributed by atoms with Crippen LogP contribution in [0.3, 0.4) is 0 Å². The summed E-state index contributed by atoms with van der Waals surface area (Å²) in [5.74, 6) is 0.283. The zero-order chi connectivity index (χ0) is 21.3. The number of nitrogens with one attached hydrogen (secondary N) is 2. The van der Waals surface area contributed by atoms with Gasteiger partial charge in [0, 0.05) is 30.9 Å². The van der Waals surface area contributed by atoms with E-state index in [0.717, 1.165) is 56.6 Å². The number of carbonyl (C=O) groups is 2. The average Bonchev–Trinajstić information content (AvgIpc) is 3.11. The van der Waals surface area contributed by atoms with Gasteiger partial charge in [-0.15, -0.1) is 0 Å². The molecule has 1 aromatic heterocycles. The van der Waals surface area contributed by atoms with E-state index in [1.807, 2.05) is 25.1 Å². The van der Waals surface area contributed by atoms with Crippen LogP contribution in [-0.2, 0) is 13.5 Å². The number of rotatable bonds is 6. The number of hydrogen-bond acceptors (Lipinski definition) is 4.